The Balaban J connectivity index is 3.80. The van der Waals surface area contributed by atoms with Crippen molar-refractivity contribution in [1.29, 1.82) is 0 Å². The van der Waals surface area contributed by atoms with Crippen molar-refractivity contribution in [2.24, 2.45) is 0 Å². The van der Waals surface area contributed by atoms with Gasteiger partial charge in [0.15, 0.2) is 6.04 Å². The van der Waals surface area contributed by atoms with Crippen molar-refractivity contribution in [3.05, 3.63) is 24.3 Å². The number of ether oxygens (including phenoxy) is 1. The topological polar surface area (TPSA) is 169 Å². The van der Waals surface area contributed by atoms with Gasteiger partial charge in [0.1, 0.15) is 12.7 Å². The van der Waals surface area contributed by atoms with Crippen LogP contribution in [0.2, 0.25) is 0 Å². The summed E-state index contributed by atoms with van der Waals surface area (Å²) < 4.78 is 26.9. The molecular formula is C50H94NO10P. The molecule has 4 N–H and O–H groups in total. The Hall–Kier alpha value is -2.04. The number of amides is 1. The van der Waals surface area contributed by atoms with Crippen LogP contribution in [0.25, 0.3) is 0 Å². The van der Waals surface area contributed by atoms with Gasteiger partial charge in [0.25, 0.3) is 0 Å². The molecule has 0 aromatic carbocycles. The van der Waals surface area contributed by atoms with Gasteiger partial charge in [0.05, 0.1) is 13.2 Å². The molecule has 0 spiro atoms. The first-order valence-corrected chi connectivity index (χ1v) is 26.9. The van der Waals surface area contributed by atoms with Crippen LogP contribution in [0.1, 0.15) is 245 Å². The fourth-order valence-corrected chi connectivity index (χ4v) is 8.06. The number of carbonyl (C=O) groups is 3. The lowest BCUT2D eigenvalue weighted by Gasteiger charge is -2.18. The number of aliphatic carboxylic acids is 1. The number of aliphatic hydroxyl groups excluding tert-OH is 1. The second-order valence-corrected chi connectivity index (χ2v) is 18.8. The molecule has 0 aromatic heterocycles. The summed E-state index contributed by atoms with van der Waals surface area (Å²) >= 11 is 0. The SMILES string of the molecule is CCCCC/C=C\C/C=C\CCCCCCCCCC(=O)NC(COP(=O)(O)OCC(O)COC(=O)CCCCCCCCCCCCCCCCCCCCCCC)C(=O)O. The lowest BCUT2D eigenvalue weighted by atomic mass is 10.0. The monoisotopic (exact) mass is 900 g/mol. The summed E-state index contributed by atoms with van der Waals surface area (Å²) in [4.78, 5) is 46.1. The van der Waals surface area contributed by atoms with Crippen LogP contribution in [0.4, 0.5) is 0 Å². The zero-order valence-electron chi connectivity index (χ0n) is 39.7. The van der Waals surface area contributed by atoms with E-state index < -0.39 is 57.6 Å². The molecule has 0 aliphatic carbocycles. The van der Waals surface area contributed by atoms with E-state index in [9.17, 15) is 34.1 Å². The van der Waals surface area contributed by atoms with Crippen LogP contribution in [-0.2, 0) is 32.7 Å². The van der Waals surface area contributed by atoms with E-state index in [1.54, 1.807) is 0 Å². The lowest BCUT2D eigenvalue weighted by Crippen LogP contribution is -2.43. The highest BCUT2D eigenvalue weighted by Crippen LogP contribution is 2.43. The Kier molecular flexibility index (Phi) is 44.0. The minimum Gasteiger partial charge on any atom is -0.480 e. The molecular weight excluding hydrogens is 806 g/mol. The summed E-state index contributed by atoms with van der Waals surface area (Å²) in [6, 6.07) is -1.55. The lowest BCUT2D eigenvalue weighted by molar-refractivity contribution is -0.147. The van der Waals surface area contributed by atoms with Gasteiger partial charge in [-0.3, -0.25) is 18.6 Å². The first kappa shape index (κ1) is 60.0. The van der Waals surface area contributed by atoms with E-state index in [0.717, 1.165) is 57.8 Å². The highest BCUT2D eigenvalue weighted by molar-refractivity contribution is 7.47. The standard InChI is InChI=1S/C50H94NO10P/c1-3-5-7-9-11-13-15-17-19-21-22-23-24-26-28-30-32-34-36-38-40-42-49(54)59-43-46(52)44-60-62(57,58)61-45-47(50(55)56)51-48(53)41-39-37-35-33-31-29-27-25-20-18-16-14-12-10-8-6-4-2/h12,14,18,20,46-47,52H,3-11,13,15-17,19,21-45H2,1-2H3,(H,51,53)(H,55,56)(H,57,58)/b14-12-,20-18-. The van der Waals surface area contributed by atoms with Crippen LogP contribution in [0.15, 0.2) is 24.3 Å². The van der Waals surface area contributed by atoms with E-state index in [1.165, 1.54) is 148 Å². The number of esters is 1. The van der Waals surface area contributed by atoms with Gasteiger partial charge in [0.2, 0.25) is 5.91 Å². The molecule has 12 heteroatoms. The largest absolute Gasteiger partial charge is 0.480 e. The average molecular weight is 900 g/mol. The predicted octanol–water partition coefficient (Wildman–Crippen LogP) is 13.8. The van der Waals surface area contributed by atoms with Crippen molar-refractivity contribution in [2.45, 2.75) is 257 Å². The minimum atomic E-state index is -4.76. The Morgan fingerprint density at radius 1 is 0.516 bits per heavy atom. The number of hydrogen-bond acceptors (Lipinski definition) is 8. The van der Waals surface area contributed by atoms with Crippen LogP contribution >= 0.6 is 7.82 Å². The number of phosphoric acid groups is 1. The van der Waals surface area contributed by atoms with Crippen molar-refractivity contribution < 1.29 is 47.8 Å². The molecule has 3 atom stereocenters. The normalized spacial score (nSPS) is 13.7. The van der Waals surface area contributed by atoms with Crippen LogP contribution in [0.5, 0.6) is 0 Å². The smallest absolute Gasteiger partial charge is 0.472 e. The number of allylic oxidation sites excluding steroid dienone is 4. The van der Waals surface area contributed by atoms with Crippen molar-refractivity contribution in [3.8, 4) is 0 Å². The molecule has 0 fully saturated rings. The van der Waals surface area contributed by atoms with Gasteiger partial charge < -0.3 is 25.2 Å². The van der Waals surface area contributed by atoms with E-state index in [-0.39, 0.29) is 12.8 Å². The quantitative estimate of drug-likeness (QED) is 0.0200. The molecule has 1 amide bonds. The molecule has 0 aliphatic heterocycles. The molecule has 0 bridgehead atoms. The molecule has 0 saturated carbocycles. The molecule has 3 unspecified atom stereocenters. The Bertz CT molecular complexity index is 1150. The summed E-state index contributed by atoms with van der Waals surface area (Å²) in [5.41, 5.74) is 0. The average Bonchev–Trinajstić information content (AvgIpc) is 3.25. The maximum absolute atomic E-state index is 12.3. The molecule has 0 saturated heterocycles. The molecule has 0 aliphatic rings. The maximum atomic E-state index is 12.3. The van der Waals surface area contributed by atoms with Gasteiger partial charge in [0, 0.05) is 12.8 Å². The summed E-state index contributed by atoms with van der Waals surface area (Å²) in [6.07, 6.45) is 49.1. The molecule has 62 heavy (non-hydrogen) atoms. The molecule has 0 radical (unpaired) electrons. The number of nitrogens with one attached hydrogen (secondary N) is 1. The summed E-state index contributed by atoms with van der Waals surface area (Å²) in [6.45, 7) is 2.60. The number of carboxylic acid groups (broad SMARTS) is 1. The molecule has 0 aromatic rings. The first-order valence-electron chi connectivity index (χ1n) is 25.4. The summed E-state index contributed by atoms with van der Waals surface area (Å²) in [7, 11) is -4.76. The van der Waals surface area contributed by atoms with Gasteiger partial charge in [-0.2, -0.15) is 0 Å². The molecule has 0 heterocycles. The van der Waals surface area contributed by atoms with E-state index in [1.807, 2.05) is 0 Å². The van der Waals surface area contributed by atoms with E-state index in [0.29, 0.717) is 12.8 Å². The van der Waals surface area contributed by atoms with Gasteiger partial charge >= 0.3 is 19.8 Å². The third-order valence-corrected chi connectivity index (χ3v) is 12.2. The number of carboxylic acids is 1. The zero-order valence-corrected chi connectivity index (χ0v) is 40.6. The number of aliphatic hydroxyl groups is 1. The van der Waals surface area contributed by atoms with E-state index in [2.05, 4.69) is 43.5 Å². The summed E-state index contributed by atoms with van der Waals surface area (Å²) in [5.74, 6) is -2.37. The van der Waals surface area contributed by atoms with Crippen molar-refractivity contribution in [1.82, 2.24) is 5.32 Å². The number of hydrogen-bond donors (Lipinski definition) is 4. The third kappa shape index (κ3) is 44.6. The maximum Gasteiger partial charge on any atom is 0.472 e. The second kappa shape index (κ2) is 45.5. The number of carbonyl (C=O) groups excluding carboxylic acids is 2. The Morgan fingerprint density at radius 3 is 1.34 bits per heavy atom. The minimum absolute atomic E-state index is 0.138. The van der Waals surface area contributed by atoms with Crippen molar-refractivity contribution >= 4 is 25.7 Å². The van der Waals surface area contributed by atoms with Crippen molar-refractivity contribution in [3.63, 3.8) is 0 Å². The highest BCUT2D eigenvalue weighted by atomic mass is 31.2. The second-order valence-electron chi connectivity index (χ2n) is 17.4. The van der Waals surface area contributed by atoms with Gasteiger partial charge in [-0.15, -0.1) is 0 Å². The summed E-state index contributed by atoms with van der Waals surface area (Å²) in [5, 5.41) is 21.9. The third-order valence-electron chi connectivity index (χ3n) is 11.2. The van der Waals surface area contributed by atoms with Crippen LogP contribution in [0.3, 0.4) is 0 Å². The van der Waals surface area contributed by atoms with Gasteiger partial charge in [-0.05, 0) is 44.9 Å². The number of phosphoric ester groups is 1. The Labute approximate surface area is 379 Å². The molecule has 364 valence electrons. The number of unbranched alkanes of at least 4 members (excludes halogenated alkanes) is 30. The highest BCUT2D eigenvalue weighted by Gasteiger charge is 2.28. The fourth-order valence-electron chi connectivity index (χ4n) is 7.29. The zero-order chi connectivity index (χ0) is 45.6. The van der Waals surface area contributed by atoms with Gasteiger partial charge in [-0.25, -0.2) is 9.36 Å². The van der Waals surface area contributed by atoms with E-state index in [4.69, 9.17) is 13.8 Å². The first-order chi connectivity index (χ1) is 30.1. The van der Waals surface area contributed by atoms with E-state index >= 15 is 0 Å². The Morgan fingerprint density at radius 2 is 0.887 bits per heavy atom. The predicted molar refractivity (Wildman–Crippen MR) is 254 cm³/mol. The van der Waals surface area contributed by atoms with Crippen molar-refractivity contribution in [2.75, 3.05) is 19.8 Å². The van der Waals surface area contributed by atoms with Crippen LogP contribution in [0, 0.1) is 0 Å². The fraction of sp³-hybridized carbons (Fsp3) is 0.860. The van der Waals surface area contributed by atoms with Crippen LogP contribution in [-0.4, -0.2) is 64.9 Å². The van der Waals surface area contributed by atoms with Gasteiger partial charge in [-0.1, -0.05) is 212 Å². The molecule has 11 nitrogen and oxygen atoms in total. The number of rotatable bonds is 48. The molecule has 0 rings (SSSR count). The van der Waals surface area contributed by atoms with Crippen LogP contribution < -0.4 is 5.32 Å².